The van der Waals surface area contributed by atoms with Gasteiger partial charge in [0.1, 0.15) is 6.54 Å². The van der Waals surface area contributed by atoms with E-state index in [1.165, 1.54) is 12.0 Å². The zero-order chi connectivity index (χ0) is 20.2. The van der Waals surface area contributed by atoms with Crippen LogP contribution in [-0.2, 0) is 19.1 Å². The van der Waals surface area contributed by atoms with Crippen molar-refractivity contribution >= 4 is 17.8 Å². The van der Waals surface area contributed by atoms with E-state index in [2.05, 4.69) is 21.9 Å². The molecule has 0 aliphatic rings. The molecule has 0 bridgehead atoms. The van der Waals surface area contributed by atoms with Gasteiger partial charge in [0.25, 0.3) is 0 Å². The summed E-state index contributed by atoms with van der Waals surface area (Å²) in [6, 6.07) is 0. The molecule has 7 nitrogen and oxygen atoms in total. The molecule has 0 spiro atoms. The molecule has 0 aliphatic heterocycles. The van der Waals surface area contributed by atoms with Gasteiger partial charge in [-0.1, -0.05) is 18.8 Å². The number of methoxy groups -OCH3 is 1. The second kappa shape index (κ2) is 11.9. The monoisotopic (exact) mass is 363 g/mol. The maximum absolute atomic E-state index is 12.6. The fraction of sp³-hybridized carbons (Fsp3) is 0.632. The minimum absolute atomic E-state index is 0.00450. The molecule has 2 amide bonds. The average Bonchev–Trinajstić information content (AvgIpc) is 2.58. The van der Waals surface area contributed by atoms with Crippen molar-refractivity contribution in [3.63, 3.8) is 0 Å². The van der Waals surface area contributed by atoms with Gasteiger partial charge in [-0.25, -0.2) is 0 Å². The van der Waals surface area contributed by atoms with E-state index >= 15 is 0 Å². The Bertz CT molecular complexity index is 572. The first-order chi connectivity index (χ1) is 12.2. The Morgan fingerprint density at radius 1 is 1.15 bits per heavy atom. The lowest BCUT2D eigenvalue weighted by molar-refractivity contribution is -0.148. The molecule has 0 saturated heterocycles. The highest BCUT2D eigenvalue weighted by Crippen LogP contribution is 2.21. The number of nitrogens with zero attached hydrogens (tertiary/aromatic N) is 2. The van der Waals surface area contributed by atoms with E-state index in [0.29, 0.717) is 13.1 Å². The third-order valence-corrected chi connectivity index (χ3v) is 3.75. The third-order valence-electron chi connectivity index (χ3n) is 3.75. The molecule has 0 rings (SSSR count). The van der Waals surface area contributed by atoms with Crippen LogP contribution in [0.1, 0.15) is 33.6 Å². The van der Waals surface area contributed by atoms with Crippen molar-refractivity contribution in [3.8, 4) is 24.7 Å². The van der Waals surface area contributed by atoms with Crippen LogP contribution in [-0.4, -0.2) is 73.0 Å². The lowest BCUT2D eigenvalue weighted by Gasteiger charge is -2.39. The van der Waals surface area contributed by atoms with Crippen LogP contribution in [0.25, 0.3) is 0 Å². The Morgan fingerprint density at radius 2 is 1.81 bits per heavy atom. The zero-order valence-electron chi connectivity index (χ0n) is 16.1. The van der Waals surface area contributed by atoms with Crippen molar-refractivity contribution in [2.45, 2.75) is 39.2 Å². The molecule has 0 fully saturated rings. The van der Waals surface area contributed by atoms with Gasteiger partial charge in [0.2, 0.25) is 11.8 Å². The van der Waals surface area contributed by atoms with Crippen molar-refractivity contribution in [3.05, 3.63) is 0 Å². The van der Waals surface area contributed by atoms with Crippen LogP contribution >= 0.6 is 0 Å². The van der Waals surface area contributed by atoms with Crippen LogP contribution < -0.4 is 5.32 Å². The summed E-state index contributed by atoms with van der Waals surface area (Å²) in [5.41, 5.74) is -0.745. The van der Waals surface area contributed by atoms with Crippen molar-refractivity contribution in [2.24, 2.45) is 0 Å². The van der Waals surface area contributed by atoms with Crippen molar-refractivity contribution < 1.29 is 19.1 Å². The van der Waals surface area contributed by atoms with Gasteiger partial charge in [-0.3, -0.25) is 19.7 Å². The number of hydrogen-bond donors (Lipinski definition) is 1. The Morgan fingerprint density at radius 3 is 2.31 bits per heavy atom. The van der Waals surface area contributed by atoms with Gasteiger partial charge in [-0.2, -0.15) is 0 Å². The topological polar surface area (TPSA) is 79.0 Å². The number of terminal acetylenes is 2. The smallest absolute Gasteiger partial charge is 0.325 e. The molecular weight excluding hydrogens is 334 g/mol. The van der Waals surface area contributed by atoms with Crippen molar-refractivity contribution in [1.82, 2.24) is 15.1 Å². The molecule has 0 heterocycles. The first-order valence-electron chi connectivity index (χ1n) is 8.46. The number of amides is 2. The van der Waals surface area contributed by atoms with E-state index in [-0.39, 0.29) is 37.9 Å². The first-order valence-corrected chi connectivity index (χ1v) is 8.46. The molecule has 7 heteroatoms. The van der Waals surface area contributed by atoms with E-state index in [9.17, 15) is 14.4 Å². The maximum Gasteiger partial charge on any atom is 0.325 e. The molecule has 0 aromatic rings. The molecule has 0 aromatic carbocycles. The van der Waals surface area contributed by atoms with E-state index in [1.54, 1.807) is 4.90 Å². The number of nitrogens with one attached hydrogen (secondary N) is 1. The van der Waals surface area contributed by atoms with E-state index in [4.69, 9.17) is 12.8 Å². The summed E-state index contributed by atoms with van der Waals surface area (Å²) in [6.07, 6.45) is 11.2. The summed E-state index contributed by atoms with van der Waals surface area (Å²) in [6.45, 7) is 6.24. The quantitative estimate of drug-likeness (QED) is 0.323. The highest BCUT2D eigenvalue weighted by molar-refractivity contribution is 5.84. The molecule has 26 heavy (non-hydrogen) atoms. The fourth-order valence-electron chi connectivity index (χ4n) is 2.47. The molecular formula is C19H29N3O4. The normalized spacial score (nSPS) is 10.4. The largest absolute Gasteiger partial charge is 0.468 e. The summed E-state index contributed by atoms with van der Waals surface area (Å²) in [4.78, 5) is 39.5. The van der Waals surface area contributed by atoms with Gasteiger partial charge in [0, 0.05) is 18.5 Å². The van der Waals surface area contributed by atoms with Crippen molar-refractivity contribution in [1.29, 1.82) is 0 Å². The van der Waals surface area contributed by atoms with E-state index < -0.39 is 11.5 Å². The standard InChI is InChI=1S/C19H29N3O4/c1-7-10-20-14-17(24)22(12-9-3)19(4,5)13-16(23)21(11-8-2)15-18(25)26-6/h1-2,20H,9-15H2,3-6H3. The minimum Gasteiger partial charge on any atom is -0.468 e. The molecule has 1 N–H and O–H groups in total. The van der Waals surface area contributed by atoms with Crippen LogP contribution in [0.2, 0.25) is 0 Å². The Balaban J connectivity index is 5.17. The van der Waals surface area contributed by atoms with Crippen molar-refractivity contribution in [2.75, 3.05) is 39.8 Å². The Kier molecular flexibility index (Phi) is 10.8. The predicted molar refractivity (Wildman–Crippen MR) is 99.8 cm³/mol. The summed E-state index contributed by atoms with van der Waals surface area (Å²) in [5.74, 6) is 3.77. The number of esters is 1. The Hall–Kier alpha value is -2.51. The van der Waals surface area contributed by atoms with Gasteiger partial charge in [-0.05, 0) is 20.3 Å². The molecule has 0 aromatic heterocycles. The Labute approximate surface area is 156 Å². The van der Waals surface area contributed by atoms with E-state index in [1.807, 2.05) is 20.8 Å². The van der Waals surface area contributed by atoms with Crippen LogP contribution in [0.3, 0.4) is 0 Å². The molecule has 0 unspecified atom stereocenters. The highest BCUT2D eigenvalue weighted by Gasteiger charge is 2.34. The predicted octanol–water partition coefficient (Wildman–Crippen LogP) is 0.251. The average molecular weight is 363 g/mol. The van der Waals surface area contributed by atoms with Crippen LogP contribution in [0.4, 0.5) is 0 Å². The molecule has 0 saturated carbocycles. The van der Waals surface area contributed by atoms with Crippen LogP contribution in [0, 0.1) is 24.7 Å². The molecule has 0 atom stereocenters. The second-order valence-corrected chi connectivity index (χ2v) is 6.37. The van der Waals surface area contributed by atoms with Crippen LogP contribution in [0.15, 0.2) is 0 Å². The third kappa shape index (κ3) is 8.04. The first kappa shape index (κ1) is 23.5. The number of ether oxygens (including phenoxy) is 1. The highest BCUT2D eigenvalue weighted by atomic mass is 16.5. The maximum atomic E-state index is 12.6. The van der Waals surface area contributed by atoms with Gasteiger partial charge < -0.3 is 14.5 Å². The zero-order valence-corrected chi connectivity index (χ0v) is 16.1. The number of hydrogen-bond acceptors (Lipinski definition) is 5. The van der Waals surface area contributed by atoms with Gasteiger partial charge in [0.05, 0.1) is 26.7 Å². The SMILES string of the molecule is C#CCNCC(=O)N(CCC)C(C)(C)CC(=O)N(CC#C)CC(=O)OC. The fourth-order valence-corrected chi connectivity index (χ4v) is 2.47. The molecule has 144 valence electrons. The van der Waals surface area contributed by atoms with Crippen LogP contribution in [0.5, 0.6) is 0 Å². The summed E-state index contributed by atoms with van der Waals surface area (Å²) < 4.78 is 4.60. The summed E-state index contributed by atoms with van der Waals surface area (Å²) in [7, 11) is 1.25. The van der Waals surface area contributed by atoms with Gasteiger partial charge >= 0.3 is 5.97 Å². The van der Waals surface area contributed by atoms with E-state index in [0.717, 1.165) is 6.42 Å². The number of rotatable bonds is 11. The lowest BCUT2D eigenvalue weighted by atomic mass is 9.96. The second-order valence-electron chi connectivity index (χ2n) is 6.37. The summed E-state index contributed by atoms with van der Waals surface area (Å²) in [5, 5.41) is 2.87. The number of carbonyl (C=O) groups excluding carboxylic acids is 3. The number of carbonyl (C=O) groups is 3. The lowest BCUT2D eigenvalue weighted by Crippen LogP contribution is -2.53. The molecule has 0 aliphatic carbocycles. The van der Waals surface area contributed by atoms with Gasteiger partial charge in [-0.15, -0.1) is 12.8 Å². The van der Waals surface area contributed by atoms with Gasteiger partial charge in [0.15, 0.2) is 0 Å². The minimum atomic E-state index is -0.745. The summed E-state index contributed by atoms with van der Waals surface area (Å²) >= 11 is 0. The molecule has 0 radical (unpaired) electrons.